The van der Waals surface area contributed by atoms with Crippen LogP contribution < -0.4 is 16.4 Å². The molecular formula is C17H11FN4O3. The molecule has 1 heterocycles. The van der Waals surface area contributed by atoms with Crippen LogP contribution in [0.4, 0.5) is 10.1 Å². The van der Waals surface area contributed by atoms with Crippen LogP contribution in [0.25, 0.3) is 11.0 Å². The number of hydrogen-bond donors (Lipinski definition) is 2. The summed E-state index contributed by atoms with van der Waals surface area (Å²) in [5.74, 6) is -1.11. The van der Waals surface area contributed by atoms with Crippen LogP contribution in [-0.4, -0.2) is 15.5 Å². The first-order valence-corrected chi connectivity index (χ1v) is 7.20. The summed E-state index contributed by atoms with van der Waals surface area (Å²) in [5, 5.41) is 11.3. The lowest BCUT2D eigenvalue weighted by Gasteiger charge is -2.10. The number of halogens is 1. The SMILES string of the molecule is N#Cc1ccc(NC(=O)Cn2c(=O)c(=O)[nH]c3cc(F)ccc32)cc1. The highest BCUT2D eigenvalue weighted by Gasteiger charge is 2.12. The second kappa shape index (κ2) is 6.41. The van der Waals surface area contributed by atoms with Crippen LogP contribution in [0.5, 0.6) is 0 Å². The number of benzene rings is 2. The van der Waals surface area contributed by atoms with Crippen molar-refractivity contribution in [1.82, 2.24) is 9.55 Å². The van der Waals surface area contributed by atoms with Gasteiger partial charge in [0.05, 0.1) is 22.7 Å². The smallest absolute Gasteiger partial charge is 0.317 e. The molecule has 7 nitrogen and oxygen atoms in total. The lowest BCUT2D eigenvalue weighted by atomic mass is 10.2. The van der Waals surface area contributed by atoms with Crippen molar-refractivity contribution in [2.75, 3.05) is 5.32 Å². The van der Waals surface area contributed by atoms with E-state index in [1.165, 1.54) is 18.2 Å². The Bertz CT molecular complexity index is 1120. The Morgan fingerprint density at radius 1 is 1.20 bits per heavy atom. The number of hydrogen-bond acceptors (Lipinski definition) is 4. The second-order valence-electron chi connectivity index (χ2n) is 5.24. The van der Waals surface area contributed by atoms with Crippen LogP contribution in [0.1, 0.15) is 5.56 Å². The van der Waals surface area contributed by atoms with Gasteiger partial charge in [0.1, 0.15) is 12.4 Å². The standard InChI is InChI=1S/C17H11FN4O3/c18-11-3-6-14-13(7-11)21-16(24)17(25)22(14)9-15(23)20-12-4-1-10(8-19)2-5-12/h1-7H,9H2,(H,20,23)(H,21,24). The maximum atomic E-state index is 13.3. The van der Waals surface area contributed by atoms with E-state index in [9.17, 15) is 18.8 Å². The largest absolute Gasteiger partial charge is 0.325 e. The molecule has 124 valence electrons. The molecule has 0 aliphatic heterocycles. The van der Waals surface area contributed by atoms with Crippen LogP contribution in [0.2, 0.25) is 0 Å². The number of nitrogens with one attached hydrogen (secondary N) is 2. The molecule has 3 rings (SSSR count). The van der Waals surface area contributed by atoms with Crippen molar-refractivity contribution in [2.24, 2.45) is 0 Å². The summed E-state index contributed by atoms with van der Waals surface area (Å²) >= 11 is 0. The van der Waals surface area contributed by atoms with Gasteiger partial charge in [0.2, 0.25) is 5.91 Å². The van der Waals surface area contributed by atoms with E-state index in [4.69, 9.17) is 5.26 Å². The molecule has 25 heavy (non-hydrogen) atoms. The van der Waals surface area contributed by atoms with Crippen molar-refractivity contribution in [3.05, 3.63) is 74.6 Å². The second-order valence-corrected chi connectivity index (χ2v) is 5.24. The van der Waals surface area contributed by atoms with Gasteiger partial charge in [-0.15, -0.1) is 0 Å². The van der Waals surface area contributed by atoms with Gasteiger partial charge in [-0.2, -0.15) is 5.26 Å². The van der Waals surface area contributed by atoms with E-state index in [1.807, 2.05) is 6.07 Å². The lowest BCUT2D eigenvalue weighted by Crippen LogP contribution is -2.38. The number of nitrogens with zero attached hydrogens (tertiary/aromatic N) is 2. The number of anilines is 1. The van der Waals surface area contributed by atoms with E-state index in [-0.39, 0.29) is 11.0 Å². The minimum absolute atomic E-state index is 0.121. The third-order valence-electron chi connectivity index (χ3n) is 3.54. The molecule has 0 unspecified atom stereocenters. The predicted molar refractivity (Wildman–Crippen MR) is 88.6 cm³/mol. The number of aromatic nitrogens is 2. The number of carbonyl (C=O) groups is 1. The van der Waals surface area contributed by atoms with Crippen LogP contribution in [-0.2, 0) is 11.3 Å². The van der Waals surface area contributed by atoms with Gasteiger partial charge in [-0.05, 0) is 42.5 Å². The zero-order chi connectivity index (χ0) is 18.0. The first kappa shape index (κ1) is 16.1. The Hall–Kier alpha value is -3.73. The summed E-state index contributed by atoms with van der Waals surface area (Å²) in [6.45, 7) is -0.412. The number of fused-ring (bicyclic) bond motifs is 1. The Morgan fingerprint density at radius 3 is 2.60 bits per heavy atom. The molecule has 0 aliphatic carbocycles. The highest BCUT2D eigenvalue weighted by molar-refractivity contribution is 5.91. The van der Waals surface area contributed by atoms with Gasteiger partial charge in [-0.3, -0.25) is 19.0 Å². The van der Waals surface area contributed by atoms with Gasteiger partial charge in [0.15, 0.2) is 0 Å². The third kappa shape index (κ3) is 3.30. The molecular weight excluding hydrogens is 327 g/mol. The Kier molecular flexibility index (Phi) is 4.14. The first-order valence-electron chi connectivity index (χ1n) is 7.20. The van der Waals surface area contributed by atoms with Gasteiger partial charge < -0.3 is 10.3 Å². The highest BCUT2D eigenvalue weighted by atomic mass is 19.1. The first-order chi connectivity index (χ1) is 12.0. The topological polar surface area (TPSA) is 108 Å². The number of carbonyl (C=O) groups excluding carboxylic acids is 1. The molecule has 8 heteroatoms. The summed E-state index contributed by atoms with van der Waals surface area (Å²) in [5.41, 5.74) is -0.607. The molecule has 2 N–H and O–H groups in total. The molecule has 0 spiro atoms. The zero-order valence-corrected chi connectivity index (χ0v) is 12.7. The van der Waals surface area contributed by atoms with Crippen molar-refractivity contribution in [2.45, 2.75) is 6.54 Å². The number of aromatic amines is 1. The summed E-state index contributed by atoms with van der Waals surface area (Å²) in [6.07, 6.45) is 0. The van der Waals surface area contributed by atoms with E-state index >= 15 is 0 Å². The Labute approximate surface area is 140 Å². The Morgan fingerprint density at radius 2 is 1.92 bits per heavy atom. The summed E-state index contributed by atoms with van der Waals surface area (Å²) < 4.78 is 14.3. The van der Waals surface area contributed by atoms with Crippen molar-refractivity contribution < 1.29 is 9.18 Å². The number of rotatable bonds is 3. The van der Waals surface area contributed by atoms with Crippen LogP contribution in [0, 0.1) is 17.1 Å². The van der Waals surface area contributed by atoms with Crippen LogP contribution in [0.3, 0.4) is 0 Å². The minimum Gasteiger partial charge on any atom is -0.325 e. The molecule has 0 saturated carbocycles. The molecule has 3 aromatic rings. The quantitative estimate of drug-likeness (QED) is 0.703. The van der Waals surface area contributed by atoms with Gasteiger partial charge in [-0.1, -0.05) is 0 Å². The third-order valence-corrected chi connectivity index (χ3v) is 3.54. The average molecular weight is 338 g/mol. The van der Waals surface area contributed by atoms with Gasteiger partial charge in [0, 0.05) is 5.69 Å². The number of nitriles is 1. The molecule has 2 aromatic carbocycles. The Balaban J connectivity index is 1.92. The van der Waals surface area contributed by atoms with Crippen LogP contribution >= 0.6 is 0 Å². The van der Waals surface area contributed by atoms with Gasteiger partial charge >= 0.3 is 11.1 Å². The zero-order valence-electron chi connectivity index (χ0n) is 12.7. The average Bonchev–Trinajstić information content (AvgIpc) is 2.59. The van der Waals surface area contributed by atoms with Crippen molar-refractivity contribution in [3.63, 3.8) is 0 Å². The molecule has 0 aliphatic rings. The fraction of sp³-hybridized carbons (Fsp3) is 0.0588. The maximum absolute atomic E-state index is 13.3. The lowest BCUT2D eigenvalue weighted by molar-refractivity contribution is -0.116. The fourth-order valence-corrected chi connectivity index (χ4v) is 2.38. The molecule has 1 amide bonds. The van der Waals surface area contributed by atoms with E-state index in [0.717, 1.165) is 16.7 Å². The van der Waals surface area contributed by atoms with Gasteiger partial charge in [0.25, 0.3) is 0 Å². The number of H-pyrrole nitrogens is 1. The van der Waals surface area contributed by atoms with E-state index in [2.05, 4.69) is 10.3 Å². The van der Waals surface area contributed by atoms with E-state index in [0.29, 0.717) is 11.3 Å². The van der Waals surface area contributed by atoms with E-state index in [1.54, 1.807) is 12.1 Å². The molecule has 0 atom stereocenters. The normalized spacial score (nSPS) is 10.4. The number of amides is 1. The predicted octanol–water partition coefficient (Wildman–Crippen LogP) is 1.34. The molecule has 0 saturated heterocycles. The summed E-state index contributed by atoms with van der Waals surface area (Å²) in [7, 11) is 0. The molecule has 0 bridgehead atoms. The van der Waals surface area contributed by atoms with Gasteiger partial charge in [-0.25, -0.2) is 4.39 Å². The molecule has 0 fully saturated rings. The van der Waals surface area contributed by atoms with Crippen molar-refractivity contribution in [3.8, 4) is 6.07 Å². The summed E-state index contributed by atoms with van der Waals surface area (Å²) in [6, 6.07) is 11.6. The minimum atomic E-state index is -0.940. The summed E-state index contributed by atoms with van der Waals surface area (Å²) in [4.78, 5) is 38.2. The van der Waals surface area contributed by atoms with Crippen molar-refractivity contribution >= 4 is 22.6 Å². The van der Waals surface area contributed by atoms with Crippen LogP contribution in [0.15, 0.2) is 52.1 Å². The van der Waals surface area contributed by atoms with Crippen molar-refractivity contribution in [1.29, 1.82) is 5.26 Å². The molecule has 1 aromatic heterocycles. The molecule has 0 radical (unpaired) electrons. The highest BCUT2D eigenvalue weighted by Crippen LogP contribution is 2.12. The monoisotopic (exact) mass is 338 g/mol. The fourth-order valence-electron chi connectivity index (χ4n) is 2.38. The van der Waals surface area contributed by atoms with E-state index < -0.39 is 29.4 Å². The maximum Gasteiger partial charge on any atom is 0.317 e.